The predicted octanol–water partition coefficient (Wildman–Crippen LogP) is -0.0223. The van der Waals surface area contributed by atoms with Gasteiger partial charge in [-0.15, -0.1) is 0 Å². The summed E-state index contributed by atoms with van der Waals surface area (Å²) in [5.74, 6) is -3.04. The Kier molecular flexibility index (Phi) is 5.37. The lowest BCUT2D eigenvalue weighted by Gasteiger charge is -2.14. The summed E-state index contributed by atoms with van der Waals surface area (Å²) in [5, 5.41) is 19.7. The summed E-state index contributed by atoms with van der Waals surface area (Å²) in [6.07, 6.45) is 4.01. The standard InChI is InChI=1S/C12H13N3O5/c13-15-8-3-1-7(2-4-8)11(18)14-9(12(19)20)5-6-10(16)17/h1-3,9H,4-6H2,(H,14,18)(H,16,17)(H,19,20). The van der Waals surface area contributed by atoms with Crippen LogP contribution in [0.25, 0.3) is 5.53 Å². The van der Waals surface area contributed by atoms with E-state index in [1.54, 1.807) is 0 Å². The molecule has 0 spiro atoms. The molecular formula is C12H13N3O5. The molecule has 1 rings (SSSR count). The first-order valence-corrected chi connectivity index (χ1v) is 5.78. The third-order valence-corrected chi connectivity index (χ3v) is 2.63. The highest BCUT2D eigenvalue weighted by atomic mass is 16.4. The number of carbonyl (C=O) groups excluding carboxylic acids is 1. The minimum atomic E-state index is -1.29. The van der Waals surface area contributed by atoms with Gasteiger partial charge in [0, 0.05) is 18.1 Å². The van der Waals surface area contributed by atoms with Crippen LogP contribution in [0.5, 0.6) is 0 Å². The third-order valence-electron chi connectivity index (χ3n) is 2.63. The quantitative estimate of drug-likeness (QED) is 0.463. The van der Waals surface area contributed by atoms with E-state index in [9.17, 15) is 14.4 Å². The third kappa shape index (κ3) is 4.51. The Morgan fingerprint density at radius 3 is 2.50 bits per heavy atom. The molecule has 0 bridgehead atoms. The Balaban J connectivity index is 2.65. The molecule has 0 fully saturated rings. The van der Waals surface area contributed by atoms with E-state index in [-0.39, 0.29) is 24.8 Å². The molecule has 8 heteroatoms. The zero-order valence-electron chi connectivity index (χ0n) is 10.4. The fourth-order valence-electron chi connectivity index (χ4n) is 1.55. The van der Waals surface area contributed by atoms with Crippen LogP contribution in [0, 0.1) is 0 Å². The van der Waals surface area contributed by atoms with Crippen molar-refractivity contribution in [2.75, 3.05) is 0 Å². The number of carbonyl (C=O) groups is 3. The minimum absolute atomic E-state index is 0.198. The molecule has 1 aliphatic rings. The second-order valence-electron chi connectivity index (χ2n) is 4.08. The largest absolute Gasteiger partial charge is 0.481 e. The Morgan fingerprint density at radius 2 is 2.05 bits per heavy atom. The van der Waals surface area contributed by atoms with Gasteiger partial charge in [-0.3, -0.25) is 9.59 Å². The molecule has 106 valence electrons. The van der Waals surface area contributed by atoms with Crippen LogP contribution in [0.3, 0.4) is 0 Å². The van der Waals surface area contributed by atoms with Crippen LogP contribution < -0.4 is 5.32 Å². The van der Waals surface area contributed by atoms with E-state index in [0.717, 1.165) is 0 Å². The molecule has 8 nitrogen and oxygen atoms in total. The van der Waals surface area contributed by atoms with Gasteiger partial charge in [0.15, 0.2) is 0 Å². The second-order valence-corrected chi connectivity index (χ2v) is 4.08. The van der Waals surface area contributed by atoms with Crippen molar-refractivity contribution < 1.29 is 29.4 Å². The van der Waals surface area contributed by atoms with Crippen LogP contribution in [-0.2, 0) is 14.4 Å². The van der Waals surface area contributed by atoms with Gasteiger partial charge in [0.1, 0.15) is 6.04 Å². The first-order chi connectivity index (χ1) is 9.43. The normalized spacial score (nSPS) is 15.0. The van der Waals surface area contributed by atoms with Gasteiger partial charge in [0.2, 0.25) is 0 Å². The highest BCUT2D eigenvalue weighted by Crippen LogP contribution is 2.08. The number of allylic oxidation sites excluding steroid dienone is 2. The van der Waals surface area contributed by atoms with Crippen molar-refractivity contribution >= 4 is 23.6 Å². The van der Waals surface area contributed by atoms with Gasteiger partial charge in [-0.1, -0.05) is 6.08 Å². The monoisotopic (exact) mass is 279 g/mol. The van der Waals surface area contributed by atoms with Crippen LogP contribution in [0.4, 0.5) is 0 Å². The molecule has 0 radical (unpaired) electrons. The number of carboxylic acids is 2. The van der Waals surface area contributed by atoms with E-state index in [2.05, 4.69) is 10.1 Å². The van der Waals surface area contributed by atoms with Gasteiger partial charge in [0.25, 0.3) is 11.6 Å². The maximum atomic E-state index is 11.8. The Bertz CT molecular complexity index is 543. The van der Waals surface area contributed by atoms with Gasteiger partial charge in [-0.2, -0.15) is 4.79 Å². The number of aliphatic carboxylic acids is 2. The fraction of sp³-hybridized carbons (Fsp3) is 0.333. The molecule has 0 heterocycles. The maximum Gasteiger partial charge on any atom is 0.326 e. The van der Waals surface area contributed by atoms with Crippen molar-refractivity contribution in [3.63, 3.8) is 0 Å². The van der Waals surface area contributed by atoms with E-state index >= 15 is 0 Å². The SMILES string of the molecule is [N-]=[N+]=C1C=CC(C(=O)NC(CCC(=O)O)C(=O)O)=CC1. The molecule has 1 aliphatic carbocycles. The minimum Gasteiger partial charge on any atom is -0.481 e. The Labute approximate surface area is 114 Å². The lowest BCUT2D eigenvalue weighted by atomic mass is 10.0. The van der Waals surface area contributed by atoms with Crippen molar-refractivity contribution in [2.45, 2.75) is 25.3 Å². The van der Waals surface area contributed by atoms with E-state index < -0.39 is 23.9 Å². The molecule has 1 atom stereocenters. The van der Waals surface area contributed by atoms with Crippen LogP contribution in [0.2, 0.25) is 0 Å². The maximum absolute atomic E-state index is 11.8. The summed E-state index contributed by atoms with van der Waals surface area (Å²) in [5.41, 5.74) is 9.14. The van der Waals surface area contributed by atoms with Gasteiger partial charge in [-0.25, -0.2) is 4.79 Å². The molecule has 0 aromatic carbocycles. The topological polar surface area (TPSA) is 140 Å². The van der Waals surface area contributed by atoms with Crippen LogP contribution in [-0.4, -0.2) is 44.6 Å². The lowest BCUT2D eigenvalue weighted by Crippen LogP contribution is -2.41. The van der Waals surface area contributed by atoms with Crippen LogP contribution in [0.1, 0.15) is 19.3 Å². The summed E-state index contributed by atoms with van der Waals surface area (Å²) in [6, 6.07) is -1.26. The molecule has 1 amide bonds. The van der Waals surface area contributed by atoms with Gasteiger partial charge < -0.3 is 21.1 Å². The summed E-state index contributed by atoms with van der Waals surface area (Å²) < 4.78 is 0. The highest BCUT2D eigenvalue weighted by Gasteiger charge is 2.23. The second kappa shape index (κ2) is 7.01. The Hall–Kier alpha value is -2.73. The van der Waals surface area contributed by atoms with Gasteiger partial charge in [0.05, 0.1) is 6.42 Å². The van der Waals surface area contributed by atoms with Crippen molar-refractivity contribution in [1.29, 1.82) is 0 Å². The summed E-state index contributed by atoms with van der Waals surface area (Å²) >= 11 is 0. The zero-order valence-corrected chi connectivity index (χ0v) is 10.4. The average molecular weight is 279 g/mol. The number of hydrogen-bond acceptors (Lipinski definition) is 3. The van der Waals surface area contributed by atoms with Crippen LogP contribution >= 0.6 is 0 Å². The number of nitrogens with zero attached hydrogens (tertiary/aromatic N) is 2. The fourth-order valence-corrected chi connectivity index (χ4v) is 1.55. The first kappa shape index (κ1) is 15.3. The molecule has 0 aromatic heterocycles. The predicted molar refractivity (Wildman–Crippen MR) is 66.9 cm³/mol. The van der Waals surface area contributed by atoms with Crippen molar-refractivity contribution in [3.8, 4) is 0 Å². The summed E-state index contributed by atoms with van der Waals surface area (Å²) in [7, 11) is 0. The number of nitrogens with one attached hydrogen (secondary N) is 1. The number of amides is 1. The number of rotatable bonds is 6. The van der Waals surface area contributed by atoms with Crippen molar-refractivity contribution in [3.05, 3.63) is 29.3 Å². The summed E-state index contributed by atoms with van der Waals surface area (Å²) in [4.78, 5) is 36.1. The smallest absolute Gasteiger partial charge is 0.326 e. The lowest BCUT2D eigenvalue weighted by molar-refractivity contribution is -0.142. The first-order valence-electron chi connectivity index (χ1n) is 5.78. The highest BCUT2D eigenvalue weighted by molar-refractivity contribution is 6.03. The summed E-state index contributed by atoms with van der Waals surface area (Å²) in [6.45, 7) is 0. The number of carboxylic acid groups (broad SMARTS) is 2. The molecular weight excluding hydrogens is 266 g/mol. The molecule has 20 heavy (non-hydrogen) atoms. The van der Waals surface area contributed by atoms with E-state index in [4.69, 9.17) is 15.7 Å². The van der Waals surface area contributed by atoms with Gasteiger partial charge >= 0.3 is 11.9 Å². The Morgan fingerprint density at radius 1 is 1.35 bits per heavy atom. The number of hydrogen-bond donors (Lipinski definition) is 3. The van der Waals surface area contributed by atoms with E-state index in [1.165, 1.54) is 18.2 Å². The van der Waals surface area contributed by atoms with E-state index in [1.807, 2.05) is 0 Å². The van der Waals surface area contributed by atoms with E-state index in [0.29, 0.717) is 5.71 Å². The van der Waals surface area contributed by atoms with Crippen molar-refractivity contribution in [2.24, 2.45) is 0 Å². The molecule has 0 saturated carbocycles. The molecule has 3 N–H and O–H groups in total. The molecule has 1 unspecified atom stereocenters. The zero-order chi connectivity index (χ0) is 15.1. The molecule has 0 aromatic rings. The average Bonchev–Trinajstić information content (AvgIpc) is 2.42. The van der Waals surface area contributed by atoms with Crippen molar-refractivity contribution in [1.82, 2.24) is 5.32 Å². The molecule has 0 saturated heterocycles. The molecule has 0 aliphatic heterocycles. The van der Waals surface area contributed by atoms with Gasteiger partial charge in [-0.05, 0) is 12.5 Å². The van der Waals surface area contributed by atoms with Crippen LogP contribution in [0.15, 0.2) is 23.8 Å².